The molecule has 1 atom stereocenters. The number of hydrogen-bond donors (Lipinski definition) is 1. The van der Waals surface area contributed by atoms with E-state index in [2.05, 4.69) is 0 Å². The lowest BCUT2D eigenvalue weighted by Crippen LogP contribution is -2.45. The predicted molar refractivity (Wildman–Crippen MR) is 72.5 cm³/mol. The van der Waals surface area contributed by atoms with Gasteiger partial charge < -0.3 is 9.52 Å². The second-order valence-electron chi connectivity index (χ2n) is 5.09. The van der Waals surface area contributed by atoms with Crippen LogP contribution in [-0.4, -0.2) is 35.1 Å². The van der Waals surface area contributed by atoms with Gasteiger partial charge in [0.2, 0.25) is 10.0 Å². The van der Waals surface area contributed by atoms with Crippen molar-refractivity contribution in [3.05, 3.63) is 24.2 Å². The van der Waals surface area contributed by atoms with Crippen LogP contribution >= 0.6 is 0 Å². The number of carboxylic acids is 1. The molecule has 20 heavy (non-hydrogen) atoms. The van der Waals surface area contributed by atoms with Gasteiger partial charge in [0.25, 0.3) is 0 Å². The van der Waals surface area contributed by atoms with Crippen molar-refractivity contribution in [1.29, 1.82) is 0 Å². The number of hydrogen-bond acceptors (Lipinski definition) is 4. The maximum absolute atomic E-state index is 12.5. The van der Waals surface area contributed by atoms with E-state index >= 15 is 0 Å². The summed E-state index contributed by atoms with van der Waals surface area (Å²) in [4.78, 5) is 11.0. The topological polar surface area (TPSA) is 87.8 Å². The molecule has 1 unspecified atom stereocenters. The number of aliphatic carboxylic acids is 1. The normalized spacial score (nSPS) is 18.5. The standard InChI is InChI=1S/C13H19NO5S/c1-10(13(15)16)20(17,18)14(11-5-2-3-6-11)9-12-7-4-8-19-12/h4,7-8,10-11H,2-3,5-6,9H2,1H3,(H,15,16). The van der Waals surface area contributed by atoms with Crippen LogP contribution in [-0.2, 0) is 21.4 Å². The van der Waals surface area contributed by atoms with Gasteiger partial charge in [0.15, 0.2) is 5.25 Å². The fourth-order valence-electron chi connectivity index (χ4n) is 2.51. The molecule has 1 aliphatic rings. The largest absolute Gasteiger partial charge is 0.480 e. The van der Waals surface area contributed by atoms with Crippen LogP contribution in [0.4, 0.5) is 0 Å². The molecule has 0 radical (unpaired) electrons. The van der Waals surface area contributed by atoms with E-state index in [1.165, 1.54) is 17.5 Å². The summed E-state index contributed by atoms with van der Waals surface area (Å²) in [5.41, 5.74) is 0. The zero-order valence-electron chi connectivity index (χ0n) is 11.4. The molecule has 2 rings (SSSR count). The fraction of sp³-hybridized carbons (Fsp3) is 0.615. The summed E-state index contributed by atoms with van der Waals surface area (Å²) in [6.45, 7) is 1.30. The van der Waals surface area contributed by atoms with Gasteiger partial charge in [0.1, 0.15) is 5.76 Å². The van der Waals surface area contributed by atoms with Crippen LogP contribution in [0.5, 0.6) is 0 Å². The Morgan fingerprint density at radius 3 is 2.65 bits per heavy atom. The minimum Gasteiger partial charge on any atom is -0.480 e. The number of rotatable bonds is 6. The Hall–Kier alpha value is -1.34. The van der Waals surface area contributed by atoms with Crippen molar-refractivity contribution in [2.24, 2.45) is 0 Å². The van der Waals surface area contributed by atoms with E-state index < -0.39 is 21.2 Å². The summed E-state index contributed by atoms with van der Waals surface area (Å²) >= 11 is 0. The van der Waals surface area contributed by atoms with Crippen molar-refractivity contribution in [3.8, 4) is 0 Å². The van der Waals surface area contributed by atoms with Crippen LogP contribution in [0.1, 0.15) is 38.4 Å². The molecule has 1 aliphatic carbocycles. The SMILES string of the molecule is CC(C(=O)O)S(=O)(=O)N(Cc1ccco1)C1CCCC1. The highest BCUT2D eigenvalue weighted by molar-refractivity contribution is 7.90. The Morgan fingerprint density at radius 1 is 1.50 bits per heavy atom. The van der Waals surface area contributed by atoms with Crippen LogP contribution in [0.3, 0.4) is 0 Å². The lowest BCUT2D eigenvalue weighted by Gasteiger charge is -2.28. The maximum atomic E-state index is 12.5. The van der Waals surface area contributed by atoms with Gasteiger partial charge in [-0.1, -0.05) is 12.8 Å². The van der Waals surface area contributed by atoms with Gasteiger partial charge in [0.05, 0.1) is 12.8 Å². The van der Waals surface area contributed by atoms with Crippen LogP contribution in [0.25, 0.3) is 0 Å². The second kappa shape index (κ2) is 5.97. The molecule has 1 fully saturated rings. The van der Waals surface area contributed by atoms with E-state index in [4.69, 9.17) is 9.52 Å². The first-order valence-electron chi connectivity index (χ1n) is 6.69. The van der Waals surface area contributed by atoms with Crippen LogP contribution in [0, 0.1) is 0 Å². The summed E-state index contributed by atoms with van der Waals surface area (Å²) in [7, 11) is -3.89. The summed E-state index contributed by atoms with van der Waals surface area (Å²) in [5, 5.41) is 7.56. The Balaban J connectivity index is 2.28. The minimum atomic E-state index is -3.89. The van der Waals surface area contributed by atoms with Crippen molar-refractivity contribution in [2.45, 2.75) is 50.4 Å². The van der Waals surface area contributed by atoms with E-state index in [-0.39, 0.29) is 12.6 Å². The van der Waals surface area contributed by atoms with E-state index in [1.807, 2.05) is 0 Å². The highest BCUT2D eigenvalue weighted by Crippen LogP contribution is 2.29. The van der Waals surface area contributed by atoms with Gasteiger partial charge in [-0.3, -0.25) is 4.79 Å². The van der Waals surface area contributed by atoms with Crippen molar-refractivity contribution in [1.82, 2.24) is 4.31 Å². The number of nitrogens with zero attached hydrogens (tertiary/aromatic N) is 1. The molecule has 6 nitrogen and oxygen atoms in total. The third-order valence-electron chi connectivity index (χ3n) is 3.75. The molecule has 0 saturated heterocycles. The second-order valence-corrected chi connectivity index (χ2v) is 7.29. The molecule has 112 valence electrons. The fourth-order valence-corrected chi connectivity index (χ4v) is 4.10. The zero-order valence-corrected chi connectivity index (χ0v) is 12.2. The number of sulfonamides is 1. The highest BCUT2D eigenvalue weighted by atomic mass is 32.2. The maximum Gasteiger partial charge on any atom is 0.323 e. The minimum absolute atomic E-state index is 0.0949. The Labute approximate surface area is 118 Å². The van der Waals surface area contributed by atoms with Gasteiger partial charge in [-0.05, 0) is 31.9 Å². The molecule has 1 N–H and O–H groups in total. The lowest BCUT2D eigenvalue weighted by molar-refractivity contribution is -0.136. The number of carboxylic acid groups (broad SMARTS) is 1. The van der Waals surface area contributed by atoms with E-state index in [9.17, 15) is 13.2 Å². The quantitative estimate of drug-likeness (QED) is 0.866. The summed E-state index contributed by atoms with van der Waals surface area (Å²) in [5.74, 6) is -0.800. The first-order chi connectivity index (χ1) is 9.43. The number of carbonyl (C=O) groups is 1. The molecule has 1 saturated carbocycles. The molecule has 0 amide bonds. The molecule has 0 aromatic carbocycles. The van der Waals surface area contributed by atoms with Crippen molar-refractivity contribution >= 4 is 16.0 Å². The van der Waals surface area contributed by atoms with E-state index in [0.717, 1.165) is 25.7 Å². The molecule has 1 aromatic heterocycles. The number of furan rings is 1. The molecule has 1 heterocycles. The van der Waals surface area contributed by atoms with Crippen LogP contribution in [0.2, 0.25) is 0 Å². The van der Waals surface area contributed by atoms with Crippen LogP contribution < -0.4 is 0 Å². The Kier molecular flexibility index (Phi) is 4.49. The van der Waals surface area contributed by atoms with Crippen molar-refractivity contribution in [3.63, 3.8) is 0 Å². The molecule has 0 bridgehead atoms. The lowest BCUT2D eigenvalue weighted by atomic mass is 10.2. The molecule has 0 spiro atoms. The first kappa shape index (κ1) is 15.1. The van der Waals surface area contributed by atoms with Gasteiger partial charge >= 0.3 is 5.97 Å². The van der Waals surface area contributed by atoms with E-state index in [0.29, 0.717) is 5.76 Å². The third kappa shape index (κ3) is 3.04. The Bertz CT molecular complexity index is 545. The van der Waals surface area contributed by atoms with Gasteiger partial charge in [0, 0.05) is 6.04 Å². The average Bonchev–Trinajstić information content (AvgIpc) is 3.07. The molecule has 7 heteroatoms. The van der Waals surface area contributed by atoms with Crippen molar-refractivity contribution in [2.75, 3.05) is 0 Å². The average molecular weight is 301 g/mol. The van der Waals surface area contributed by atoms with Gasteiger partial charge in [-0.2, -0.15) is 4.31 Å². The predicted octanol–water partition coefficient (Wildman–Crippen LogP) is 1.83. The summed E-state index contributed by atoms with van der Waals surface area (Å²) < 4.78 is 31.5. The summed E-state index contributed by atoms with van der Waals surface area (Å²) in [6.07, 6.45) is 4.96. The molecular formula is C13H19NO5S. The van der Waals surface area contributed by atoms with Crippen LogP contribution in [0.15, 0.2) is 22.8 Å². The third-order valence-corrected chi connectivity index (χ3v) is 5.92. The smallest absolute Gasteiger partial charge is 0.323 e. The first-order valence-corrected chi connectivity index (χ1v) is 8.19. The zero-order chi connectivity index (χ0) is 14.8. The van der Waals surface area contributed by atoms with Gasteiger partial charge in [-0.25, -0.2) is 8.42 Å². The molecule has 0 aliphatic heterocycles. The van der Waals surface area contributed by atoms with Crippen molar-refractivity contribution < 1.29 is 22.7 Å². The molecule has 1 aromatic rings. The van der Waals surface area contributed by atoms with Gasteiger partial charge in [-0.15, -0.1) is 0 Å². The monoisotopic (exact) mass is 301 g/mol. The van der Waals surface area contributed by atoms with E-state index in [1.54, 1.807) is 12.1 Å². The summed E-state index contributed by atoms with van der Waals surface area (Å²) in [6, 6.07) is 3.25. The molecular weight excluding hydrogens is 282 g/mol. The Morgan fingerprint density at radius 2 is 2.15 bits per heavy atom. The highest BCUT2D eigenvalue weighted by Gasteiger charge is 2.39.